The Bertz CT molecular complexity index is 1300. The Morgan fingerprint density at radius 2 is 1.79 bits per heavy atom. The molecule has 2 aromatic carbocycles. The summed E-state index contributed by atoms with van der Waals surface area (Å²) in [5, 5.41) is 3.04. The summed E-state index contributed by atoms with van der Waals surface area (Å²) in [5.74, 6) is 0.937. The van der Waals surface area contributed by atoms with Gasteiger partial charge in [-0.3, -0.25) is 0 Å². The molecule has 0 saturated heterocycles. The van der Waals surface area contributed by atoms with Gasteiger partial charge in [0.15, 0.2) is 0 Å². The van der Waals surface area contributed by atoms with E-state index >= 15 is 4.39 Å². The van der Waals surface area contributed by atoms with E-state index in [4.69, 9.17) is 9.47 Å². The molecule has 0 bridgehead atoms. The van der Waals surface area contributed by atoms with Crippen LogP contribution in [0.15, 0.2) is 59.6 Å². The summed E-state index contributed by atoms with van der Waals surface area (Å²) < 4.78 is 55.8. The molecule has 0 radical (unpaired) electrons. The summed E-state index contributed by atoms with van der Waals surface area (Å²) in [6, 6.07) is 12.9. The van der Waals surface area contributed by atoms with E-state index in [0.29, 0.717) is 37.2 Å². The minimum atomic E-state index is -4.01. The molecule has 1 N–H and O–H groups in total. The third-order valence-corrected chi connectivity index (χ3v) is 8.70. The van der Waals surface area contributed by atoms with Crippen LogP contribution in [-0.4, -0.2) is 32.7 Å². The Labute approximate surface area is 226 Å². The Morgan fingerprint density at radius 3 is 2.53 bits per heavy atom. The minimum Gasteiger partial charge on any atom is -0.494 e. The van der Waals surface area contributed by atoms with E-state index < -0.39 is 15.8 Å². The number of unbranched alkanes of at least 4 members (excludes halogenated alkanes) is 2. The molecule has 1 aliphatic rings. The number of halogens is 1. The Morgan fingerprint density at radius 1 is 1.00 bits per heavy atom. The van der Waals surface area contributed by atoms with Gasteiger partial charge >= 0.3 is 0 Å². The molecule has 206 valence electrons. The zero-order valence-corrected chi connectivity index (χ0v) is 23.2. The number of aromatic nitrogens is 1. The van der Waals surface area contributed by atoms with Gasteiger partial charge in [0.2, 0.25) is 0 Å². The van der Waals surface area contributed by atoms with Crippen molar-refractivity contribution in [2.75, 3.05) is 20.3 Å². The summed E-state index contributed by atoms with van der Waals surface area (Å²) in [6.45, 7) is 3.66. The molecule has 6 nitrogen and oxygen atoms in total. The topological polar surface area (TPSA) is 69.6 Å². The fraction of sp³-hybridized carbons (Fsp3) is 0.467. The summed E-state index contributed by atoms with van der Waals surface area (Å²) in [5.41, 5.74) is 1.20. The lowest BCUT2D eigenvalue weighted by Crippen LogP contribution is -2.15. The summed E-state index contributed by atoms with van der Waals surface area (Å²) >= 11 is 0. The maximum Gasteiger partial charge on any atom is 0.268 e. The number of hydrogen-bond acceptors (Lipinski definition) is 5. The van der Waals surface area contributed by atoms with Crippen LogP contribution in [-0.2, 0) is 16.6 Å². The molecular formula is C30H39FN2O4S. The van der Waals surface area contributed by atoms with Crippen molar-refractivity contribution in [2.45, 2.75) is 69.7 Å². The predicted molar refractivity (Wildman–Crippen MR) is 149 cm³/mol. The van der Waals surface area contributed by atoms with Crippen molar-refractivity contribution in [2.24, 2.45) is 5.92 Å². The molecule has 3 aromatic rings. The van der Waals surface area contributed by atoms with Gasteiger partial charge in [0.25, 0.3) is 10.0 Å². The molecule has 0 atom stereocenters. The van der Waals surface area contributed by atoms with E-state index in [1.807, 2.05) is 0 Å². The van der Waals surface area contributed by atoms with Crippen LogP contribution in [0.1, 0.15) is 63.9 Å². The van der Waals surface area contributed by atoms with E-state index in [1.165, 1.54) is 37.5 Å². The molecule has 0 amide bonds. The van der Waals surface area contributed by atoms with Crippen molar-refractivity contribution in [3.8, 4) is 22.8 Å². The highest BCUT2D eigenvalue weighted by Gasteiger charge is 2.24. The van der Waals surface area contributed by atoms with Crippen LogP contribution in [0.3, 0.4) is 0 Å². The lowest BCUT2D eigenvalue weighted by atomic mass is 9.90. The first-order valence-corrected chi connectivity index (χ1v) is 15.1. The predicted octanol–water partition coefficient (Wildman–Crippen LogP) is 6.78. The largest absolute Gasteiger partial charge is 0.494 e. The lowest BCUT2D eigenvalue weighted by molar-refractivity contribution is 0.208. The Balaban J connectivity index is 1.60. The zero-order valence-electron chi connectivity index (χ0n) is 22.4. The second-order valence-corrected chi connectivity index (χ2v) is 11.9. The molecule has 1 saturated carbocycles. The van der Waals surface area contributed by atoms with Gasteiger partial charge in [-0.05, 0) is 68.1 Å². The average Bonchev–Trinajstić information content (AvgIpc) is 3.35. The smallest absolute Gasteiger partial charge is 0.268 e. The van der Waals surface area contributed by atoms with E-state index in [-0.39, 0.29) is 16.2 Å². The van der Waals surface area contributed by atoms with Crippen molar-refractivity contribution in [3.63, 3.8) is 0 Å². The highest BCUT2D eigenvalue weighted by molar-refractivity contribution is 7.90. The van der Waals surface area contributed by atoms with Crippen LogP contribution in [0.25, 0.3) is 11.3 Å². The van der Waals surface area contributed by atoms with Crippen LogP contribution >= 0.6 is 0 Å². The molecule has 0 aliphatic heterocycles. The van der Waals surface area contributed by atoms with Gasteiger partial charge in [0.1, 0.15) is 17.3 Å². The van der Waals surface area contributed by atoms with Gasteiger partial charge < -0.3 is 14.8 Å². The third kappa shape index (κ3) is 6.97. The van der Waals surface area contributed by atoms with E-state index in [9.17, 15) is 8.42 Å². The van der Waals surface area contributed by atoms with Crippen molar-refractivity contribution < 1.29 is 22.3 Å². The van der Waals surface area contributed by atoms with E-state index in [1.54, 1.807) is 43.6 Å². The van der Waals surface area contributed by atoms with Crippen LogP contribution in [0.5, 0.6) is 11.5 Å². The first-order chi connectivity index (χ1) is 18.4. The summed E-state index contributed by atoms with van der Waals surface area (Å²) in [4.78, 5) is 0.0891. The number of hydrogen-bond donors (Lipinski definition) is 1. The Kier molecular flexibility index (Phi) is 9.86. The zero-order chi connectivity index (χ0) is 27.0. The molecule has 1 aliphatic carbocycles. The Hall–Kier alpha value is -2.84. The van der Waals surface area contributed by atoms with Gasteiger partial charge in [0, 0.05) is 30.4 Å². The fourth-order valence-corrected chi connectivity index (χ4v) is 6.36. The van der Waals surface area contributed by atoms with Gasteiger partial charge in [-0.1, -0.05) is 45.1 Å². The van der Waals surface area contributed by atoms with Gasteiger partial charge in [0.05, 0.1) is 23.8 Å². The van der Waals surface area contributed by atoms with Crippen LogP contribution in [0, 0.1) is 11.7 Å². The number of nitrogens with zero attached hydrogens (tertiary/aromatic N) is 1. The van der Waals surface area contributed by atoms with Gasteiger partial charge in [-0.25, -0.2) is 16.8 Å². The quantitative estimate of drug-likeness (QED) is 0.241. The first kappa shape index (κ1) is 28.2. The molecule has 38 heavy (non-hydrogen) atoms. The molecular weight excluding hydrogens is 503 g/mol. The molecule has 1 heterocycles. The van der Waals surface area contributed by atoms with Crippen LogP contribution in [0.2, 0.25) is 0 Å². The lowest BCUT2D eigenvalue weighted by Gasteiger charge is -2.21. The molecule has 0 unspecified atom stereocenters. The maximum absolute atomic E-state index is 15.4. The second kappa shape index (κ2) is 13.3. The molecule has 0 spiro atoms. The standard InChI is InChI=1S/C30H39FN2O4S/c1-3-4-8-16-36-25-12-9-13-27(18-25)38(34,35)33-21-24(20-32-2)17-30(33)28-15-14-26(19-29(28)31)37-22-23-10-6-5-7-11-23/h9,12-15,17-19,21,23,32H,3-8,10-11,16,20,22H2,1-2H3. The molecule has 8 heteroatoms. The van der Waals surface area contributed by atoms with Crippen molar-refractivity contribution >= 4 is 10.0 Å². The van der Waals surface area contributed by atoms with Crippen LogP contribution in [0.4, 0.5) is 4.39 Å². The number of rotatable bonds is 13. The molecule has 1 fully saturated rings. The van der Waals surface area contributed by atoms with Gasteiger partial charge in [-0.15, -0.1) is 0 Å². The van der Waals surface area contributed by atoms with Crippen molar-refractivity contribution in [1.29, 1.82) is 0 Å². The first-order valence-electron chi connectivity index (χ1n) is 13.7. The average molecular weight is 543 g/mol. The minimum absolute atomic E-state index is 0.0891. The highest BCUT2D eigenvalue weighted by Crippen LogP contribution is 2.32. The fourth-order valence-electron chi connectivity index (χ4n) is 4.93. The monoisotopic (exact) mass is 542 g/mol. The third-order valence-electron chi connectivity index (χ3n) is 7.03. The number of ether oxygens (including phenoxy) is 2. The molecule has 4 rings (SSSR count). The SMILES string of the molecule is CCCCCOc1cccc(S(=O)(=O)n2cc(CNC)cc2-c2ccc(OCC3CCCCC3)cc2F)c1. The van der Waals surface area contributed by atoms with Crippen molar-refractivity contribution in [1.82, 2.24) is 9.29 Å². The van der Waals surface area contributed by atoms with E-state index in [0.717, 1.165) is 41.6 Å². The van der Waals surface area contributed by atoms with Gasteiger partial charge in [-0.2, -0.15) is 0 Å². The van der Waals surface area contributed by atoms with E-state index in [2.05, 4.69) is 12.2 Å². The molecule has 1 aromatic heterocycles. The summed E-state index contributed by atoms with van der Waals surface area (Å²) in [7, 11) is -2.23. The second-order valence-electron chi connectivity index (χ2n) is 10.1. The number of benzene rings is 2. The normalized spacial score (nSPS) is 14.5. The maximum atomic E-state index is 15.4. The van der Waals surface area contributed by atoms with Crippen LogP contribution < -0.4 is 14.8 Å². The van der Waals surface area contributed by atoms with Crippen molar-refractivity contribution in [3.05, 3.63) is 66.1 Å². The highest BCUT2D eigenvalue weighted by atomic mass is 32.2. The summed E-state index contributed by atoms with van der Waals surface area (Å²) in [6.07, 6.45) is 10.6. The number of nitrogens with one attached hydrogen (secondary N) is 1.